The van der Waals surface area contributed by atoms with Gasteiger partial charge in [0.2, 0.25) is 0 Å². The summed E-state index contributed by atoms with van der Waals surface area (Å²) in [5.41, 5.74) is 10.7. The highest BCUT2D eigenvalue weighted by atomic mass is 16.3. The molecule has 0 saturated carbocycles. The first-order valence-corrected chi connectivity index (χ1v) is 5.04. The Labute approximate surface area is 88.4 Å². The average molecular weight is 194 g/mol. The number of aliphatic hydroxyl groups excluding tert-OH is 1. The molecule has 1 N–H and O–H groups in total. The van der Waals surface area contributed by atoms with Crippen LogP contribution in [0.5, 0.6) is 0 Å². The molecule has 1 aromatic carbocycles. The van der Waals surface area contributed by atoms with Crippen molar-refractivity contribution in [3.8, 4) is 0 Å². The van der Waals surface area contributed by atoms with Crippen molar-refractivity contribution in [2.45, 2.75) is 5.92 Å². The fourth-order valence-electron chi connectivity index (χ4n) is 2.30. The molecule has 0 bridgehead atoms. The molecule has 2 aliphatic carbocycles. The third kappa shape index (κ3) is 1.09. The van der Waals surface area contributed by atoms with E-state index >= 15 is 0 Å². The van der Waals surface area contributed by atoms with Crippen LogP contribution in [0.3, 0.4) is 0 Å². The van der Waals surface area contributed by atoms with Crippen molar-refractivity contribution < 1.29 is 5.11 Å². The first-order valence-electron chi connectivity index (χ1n) is 5.04. The molecule has 0 radical (unpaired) electrons. The molecule has 1 atom stereocenters. The van der Waals surface area contributed by atoms with E-state index < -0.39 is 0 Å². The van der Waals surface area contributed by atoms with E-state index in [1.807, 2.05) is 24.3 Å². The minimum atomic E-state index is 0.0775. The maximum absolute atomic E-state index is 9.43. The standard InChI is InChI=1S/C14H10O/c15-9-14-12-7-3-1-5-10(12)11-6-2-4-8-13(11)14/h1-3,5-7,14-15H,9H2. The summed E-state index contributed by atoms with van der Waals surface area (Å²) in [6.07, 6.45) is 3.91. The van der Waals surface area contributed by atoms with Gasteiger partial charge < -0.3 is 5.11 Å². The number of aliphatic hydroxyl groups is 1. The molecule has 0 fully saturated rings. The number of allylic oxidation sites excluding steroid dienone is 3. The highest BCUT2D eigenvalue weighted by Crippen LogP contribution is 2.45. The predicted molar refractivity (Wildman–Crippen MR) is 59.4 cm³/mol. The van der Waals surface area contributed by atoms with Crippen LogP contribution in [0, 0.1) is 0 Å². The summed E-state index contributed by atoms with van der Waals surface area (Å²) in [6, 6.07) is 8.21. The summed E-state index contributed by atoms with van der Waals surface area (Å²) in [5, 5.41) is 9.43. The van der Waals surface area contributed by atoms with E-state index in [1.54, 1.807) is 0 Å². The van der Waals surface area contributed by atoms with Gasteiger partial charge in [-0.05, 0) is 28.9 Å². The third-order valence-corrected chi connectivity index (χ3v) is 2.99. The summed E-state index contributed by atoms with van der Waals surface area (Å²) in [6.45, 7) is 0.137. The van der Waals surface area contributed by atoms with Crippen molar-refractivity contribution in [1.82, 2.24) is 0 Å². The summed E-state index contributed by atoms with van der Waals surface area (Å²) in [5.74, 6) is 0.0775. The van der Waals surface area contributed by atoms with Gasteiger partial charge in [0.15, 0.2) is 0 Å². The molecule has 15 heavy (non-hydrogen) atoms. The van der Waals surface area contributed by atoms with Crippen LogP contribution in [-0.2, 0) is 0 Å². The first-order chi connectivity index (χ1) is 7.42. The zero-order valence-corrected chi connectivity index (χ0v) is 8.20. The molecule has 2 aliphatic rings. The SMILES string of the molecule is OCC1C2=C=C=CC=C2c2ccccc21. The number of fused-ring (bicyclic) bond motifs is 3. The van der Waals surface area contributed by atoms with E-state index in [1.165, 1.54) is 16.7 Å². The molecule has 1 heteroatoms. The molecule has 1 nitrogen and oxygen atoms in total. The van der Waals surface area contributed by atoms with E-state index in [2.05, 4.69) is 23.6 Å². The van der Waals surface area contributed by atoms with Crippen LogP contribution >= 0.6 is 0 Å². The van der Waals surface area contributed by atoms with E-state index in [0.717, 1.165) is 5.57 Å². The molecular formula is C14H10O. The summed E-state index contributed by atoms with van der Waals surface area (Å²) in [4.78, 5) is 0. The smallest absolute Gasteiger partial charge is 0.0547 e. The largest absolute Gasteiger partial charge is 0.395 e. The van der Waals surface area contributed by atoms with Crippen LogP contribution in [0.4, 0.5) is 0 Å². The lowest BCUT2D eigenvalue weighted by Gasteiger charge is -2.07. The Morgan fingerprint density at radius 2 is 2.13 bits per heavy atom. The lowest BCUT2D eigenvalue weighted by atomic mass is 9.98. The summed E-state index contributed by atoms with van der Waals surface area (Å²) >= 11 is 0. The molecule has 0 saturated heterocycles. The maximum Gasteiger partial charge on any atom is 0.0547 e. The van der Waals surface area contributed by atoms with Crippen molar-refractivity contribution in [2.24, 2.45) is 0 Å². The first kappa shape index (κ1) is 8.52. The average Bonchev–Trinajstić information content (AvgIpc) is 2.63. The van der Waals surface area contributed by atoms with Crippen LogP contribution < -0.4 is 0 Å². The van der Waals surface area contributed by atoms with Crippen molar-refractivity contribution in [3.63, 3.8) is 0 Å². The Morgan fingerprint density at radius 3 is 3.00 bits per heavy atom. The monoisotopic (exact) mass is 194 g/mol. The number of hydrogen-bond donors (Lipinski definition) is 1. The Kier molecular flexibility index (Phi) is 1.77. The maximum atomic E-state index is 9.43. The van der Waals surface area contributed by atoms with Gasteiger partial charge in [-0.15, -0.1) is 0 Å². The van der Waals surface area contributed by atoms with Gasteiger partial charge in [0.25, 0.3) is 0 Å². The van der Waals surface area contributed by atoms with E-state index in [4.69, 9.17) is 0 Å². The second-order valence-electron chi connectivity index (χ2n) is 3.75. The second-order valence-corrected chi connectivity index (χ2v) is 3.75. The van der Waals surface area contributed by atoms with Crippen molar-refractivity contribution in [3.05, 3.63) is 64.6 Å². The van der Waals surface area contributed by atoms with E-state index in [0.29, 0.717) is 0 Å². The predicted octanol–water partition coefficient (Wildman–Crippen LogP) is 2.41. The topological polar surface area (TPSA) is 20.2 Å². The molecular weight excluding hydrogens is 184 g/mol. The van der Waals surface area contributed by atoms with Crippen LogP contribution in [0.1, 0.15) is 17.0 Å². The van der Waals surface area contributed by atoms with Gasteiger partial charge in [0.05, 0.1) is 6.61 Å². The van der Waals surface area contributed by atoms with Crippen molar-refractivity contribution >= 4 is 5.57 Å². The van der Waals surface area contributed by atoms with Crippen LogP contribution in [0.2, 0.25) is 0 Å². The Bertz CT molecular complexity index is 550. The molecule has 1 unspecified atom stereocenters. The molecule has 0 aromatic heterocycles. The molecule has 1 aromatic rings. The molecule has 3 rings (SSSR count). The zero-order valence-electron chi connectivity index (χ0n) is 8.20. The normalized spacial score (nSPS) is 20.7. The molecule has 0 amide bonds. The second kappa shape index (κ2) is 3.12. The number of hydrogen-bond acceptors (Lipinski definition) is 1. The Morgan fingerprint density at radius 1 is 1.27 bits per heavy atom. The zero-order chi connectivity index (χ0) is 10.3. The highest BCUT2D eigenvalue weighted by Gasteiger charge is 2.30. The van der Waals surface area contributed by atoms with Gasteiger partial charge >= 0.3 is 0 Å². The lowest BCUT2D eigenvalue weighted by Crippen LogP contribution is -2.01. The van der Waals surface area contributed by atoms with Crippen LogP contribution in [-0.4, -0.2) is 11.7 Å². The van der Waals surface area contributed by atoms with Crippen LogP contribution in [0.25, 0.3) is 5.57 Å². The minimum absolute atomic E-state index is 0.0775. The Balaban J connectivity index is 2.31. The molecule has 0 aliphatic heterocycles. The number of benzene rings is 1. The fourth-order valence-corrected chi connectivity index (χ4v) is 2.30. The van der Waals surface area contributed by atoms with Gasteiger partial charge in [0, 0.05) is 11.5 Å². The Hall–Kier alpha value is -1.78. The molecule has 0 spiro atoms. The number of rotatable bonds is 1. The summed E-state index contributed by atoms with van der Waals surface area (Å²) in [7, 11) is 0. The fraction of sp³-hybridized carbons (Fsp3) is 0.143. The lowest BCUT2D eigenvalue weighted by molar-refractivity contribution is 0.282. The quantitative estimate of drug-likeness (QED) is 0.681. The van der Waals surface area contributed by atoms with Gasteiger partial charge in [-0.25, -0.2) is 0 Å². The summed E-state index contributed by atoms with van der Waals surface area (Å²) < 4.78 is 0. The van der Waals surface area contributed by atoms with E-state index in [-0.39, 0.29) is 12.5 Å². The van der Waals surface area contributed by atoms with Crippen LogP contribution in [0.15, 0.2) is 53.5 Å². The van der Waals surface area contributed by atoms with Gasteiger partial charge in [0.1, 0.15) is 0 Å². The van der Waals surface area contributed by atoms with Gasteiger partial charge in [-0.1, -0.05) is 35.7 Å². The van der Waals surface area contributed by atoms with Crippen molar-refractivity contribution in [2.75, 3.05) is 6.61 Å². The molecule has 0 heterocycles. The van der Waals surface area contributed by atoms with Gasteiger partial charge in [-0.3, -0.25) is 0 Å². The minimum Gasteiger partial charge on any atom is -0.395 e. The van der Waals surface area contributed by atoms with E-state index in [9.17, 15) is 5.11 Å². The highest BCUT2D eigenvalue weighted by molar-refractivity contribution is 5.89. The third-order valence-electron chi connectivity index (χ3n) is 2.99. The van der Waals surface area contributed by atoms with Gasteiger partial charge in [-0.2, -0.15) is 0 Å². The van der Waals surface area contributed by atoms with Crippen molar-refractivity contribution in [1.29, 1.82) is 0 Å². The molecule has 72 valence electrons.